The maximum atomic E-state index is 12.4. The van der Waals surface area contributed by atoms with Crippen molar-refractivity contribution in [3.8, 4) is 11.3 Å². The van der Waals surface area contributed by atoms with Gasteiger partial charge in [0.2, 0.25) is 0 Å². The van der Waals surface area contributed by atoms with Crippen LogP contribution in [0.4, 0.5) is 0 Å². The van der Waals surface area contributed by atoms with Gasteiger partial charge in [0.25, 0.3) is 0 Å². The fraction of sp³-hybridized carbons (Fsp3) is 0.278. The number of hydrogen-bond donors (Lipinski definition) is 0. The molecule has 0 aliphatic carbocycles. The van der Waals surface area contributed by atoms with Gasteiger partial charge in [0.1, 0.15) is 0 Å². The first kappa shape index (κ1) is 15.0. The number of thiazole rings is 1. The highest BCUT2D eigenvalue weighted by Gasteiger charge is 2.31. The highest BCUT2D eigenvalue weighted by atomic mass is 32.1. The summed E-state index contributed by atoms with van der Waals surface area (Å²) in [5.74, 6) is 0. The van der Waals surface area contributed by atoms with Gasteiger partial charge in [-0.3, -0.25) is 0 Å². The van der Waals surface area contributed by atoms with Gasteiger partial charge in [0, 0.05) is 5.56 Å². The molecular formula is C18H19N2OS-. The van der Waals surface area contributed by atoms with Crippen molar-refractivity contribution in [3.05, 3.63) is 69.3 Å². The Kier molecular flexibility index (Phi) is 3.89. The lowest BCUT2D eigenvalue weighted by Gasteiger charge is -2.45. The zero-order valence-electron chi connectivity index (χ0n) is 13.0. The van der Waals surface area contributed by atoms with Crippen molar-refractivity contribution in [2.75, 3.05) is 0 Å². The highest BCUT2D eigenvalue weighted by molar-refractivity contribution is 7.12. The molecule has 1 aliphatic heterocycles. The molecule has 1 aliphatic rings. The second-order valence-electron chi connectivity index (χ2n) is 5.68. The predicted molar refractivity (Wildman–Crippen MR) is 92.5 cm³/mol. The molecule has 1 aromatic carbocycles. The van der Waals surface area contributed by atoms with Crippen LogP contribution >= 0.6 is 11.3 Å². The van der Waals surface area contributed by atoms with Crippen LogP contribution in [0.3, 0.4) is 0 Å². The van der Waals surface area contributed by atoms with Crippen LogP contribution in [0.15, 0.2) is 48.7 Å². The first-order valence-electron chi connectivity index (χ1n) is 7.44. The molecule has 0 bridgehead atoms. The molecule has 0 spiro atoms. The summed E-state index contributed by atoms with van der Waals surface area (Å²) in [6.07, 6.45) is 8.10. The first-order chi connectivity index (χ1) is 10.5. The summed E-state index contributed by atoms with van der Waals surface area (Å²) in [7, 11) is 0. The summed E-state index contributed by atoms with van der Waals surface area (Å²) in [5, 5.41) is 14.5. The number of benzene rings is 1. The largest absolute Gasteiger partial charge is 0.758 e. The van der Waals surface area contributed by atoms with Crippen molar-refractivity contribution in [1.29, 1.82) is 0 Å². The molecular weight excluding hydrogens is 292 g/mol. The van der Waals surface area contributed by atoms with Crippen molar-refractivity contribution in [2.45, 2.75) is 32.7 Å². The summed E-state index contributed by atoms with van der Waals surface area (Å²) < 4.78 is 0. The van der Waals surface area contributed by atoms with E-state index in [1.165, 1.54) is 5.56 Å². The molecule has 114 valence electrons. The highest BCUT2D eigenvalue weighted by Crippen LogP contribution is 2.42. The molecule has 0 amide bonds. The number of nitrogens with zero attached hydrogens (tertiary/aromatic N) is 2. The Morgan fingerprint density at radius 2 is 2.14 bits per heavy atom. The Hall–Kier alpha value is -1.91. The van der Waals surface area contributed by atoms with E-state index in [2.05, 4.69) is 32.0 Å². The summed E-state index contributed by atoms with van der Waals surface area (Å²) in [6.45, 7) is 6.12. The van der Waals surface area contributed by atoms with E-state index in [1.54, 1.807) is 23.6 Å². The van der Waals surface area contributed by atoms with Crippen LogP contribution in [0.1, 0.15) is 29.3 Å². The molecule has 0 fully saturated rings. The zero-order valence-corrected chi connectivity index (χ0v) is 13.9. The number of rotatable bonds is 3. The van der Waals surface area contributed by atoms with Gasteiger partial charge in [-0.05, 0) is 38.6 Å². The third kappa shape index (κ3) is 2.49. The molecule has 2 heterocycles. The first-order valence-corrected chi connectivity index (χ1v) is 8.26. The summed E-state index contributed by atoms with van der Waals surface area (Å²) in [5.41, 5.74) is 2.49. The van der Waals surface area contributed by atoms with E-state index in [9.17, 15) is 5.21 Å². The Labute approximate surface area is 135 Å². The van der Waals surface area contributed by atoms with E-state index in [1.807, 2.05) is 25.1 Å². The van der Waals surface area contributed by atoms with Crippen molar-refractivity contribution in [2.24, 2.45) is 0 Å². The van der Waals surface area contributed by atoms with Gasteiger partial charge in [-0.25, -0.2) is 4.98 Å². The molecule has 22 heavy (non-hydrogen) atoms. The van der Waals surface area contributed by atoms with Crippen LogP contribution in [0.25, 0.3) is 11.3 Å². The molecule has 0 radical (unpaired) electrons. The van der Waals surface area contributed by atoms with Gasteiger partial charge >= 0.3 is 0 Å². The van der Waals surface area contributed by atoms with Crippen LogP contribution < -0.4 is 0 Å². The summed E-state index contributed by atoms with van der Waals surface area (Å²) >= 11 is 1.63. The lowest BCUT2D eigenvalue weighted by atomic mass is 9.93. The smallest absolute Gasteiger partial charge is 0.0933 e. The van der Waals surface area contributed by atoms with Gasteiger partial charge in [0.15, 0.2) is 0 Å². The van der Waals surface area contributed by atoms with Gasteiger partial charge in [-0.15, -0.1) is 11.3 Å². The Morgan fingerprint density at radius 3 is 2.82 bits per heavy atom. The van der Waals surface area contributed by atoms with Crippen molar-refractivity contribution < 1.29 is 0 Å². The van der Waals surface area contributed by atoms with Gasteiger partial charge in [-0.1, -0.05) is 42.8 Å². The number of hydrogen-bond acceptors (Lipinski definition) is 4. The van der Waals surface area contributed by atoms with E-state index in [4.69, 9.17) is 4.98 Å². The quantitative estimate of drug-likeness (QED) is 0.819. The van der Waals surface area contributed by atoms with E-state index in [-0.39, 0.29) is 0 Å². The van der Waals surface area contributed by atoms with E-state index in [0.717, 1.165) is 32.6 Å². The lowest BCUT2D eigenvalue weighted by molar-refractivity contribution is 0.302. The minimum Gasteiger partial charge on any atom is -0.758 e. The fourth-order valence-corrected chi connectivity index (χ4v) is 3.76. The minimum atomic E-state index is -0.696. The molecule has 0 saturated heterocycles. The Balaban J connectivity index is 2.18. The van der Waals surface area contributed by atoms with E-state index >= 15 is 0 Å². The molecule has 0 saturated carbocycles. The molecule has 4 heteroatoms. The van der Waals surface area contributed by atoms with E-state index < -0.39 is 5.54 Å². The van der Waals surface area contributed by atoms with Crippen LogP contribution in [0, 0.1) is 12.1 Å². The maximum Gasteiger partial charge on any atom is 0.0933 e. The predicted octanol–water partition coefficient (Wildman–Crippen LogP) is 4.78. The van der Waals surface area contributed by atoms with Crippen LogP contribution in [-0.4, -0.2) is 10.0 Å². The molecule has 2 aromatic rings. The van der Waals surface area contributed by atoms with Crippen molar-refractivity contribution >= 4 is 11.3 Å². The SMILES string of the molecule is CCc1nc(-c2cccc(C)c2)c(C2(C)C=CC=CN2[O-])s1. The average molecular weight is 311 g/mol. The summed E-state index contributed by atoms with van der Waals surface area (Å²) in [6, 6.07) is 8.29. The zero-order chi connectivity index (χ0) is 15.7. The molecule has 3 rings (SSSR count). The number of aryl methyl sites for hydroxylation is 2. The molecule has 0 N–H and O–H groups in total. The monoisotopic (exact) mass is 311 g/mol. The van der Waals surface area contributed by atoms with Crippen molar-refractivity contribution in [1.82, 2.24) is 10.0 Å². The number of aromatic nitrogens is 1. The molecule has 1 unspecified atom stereocenters. The molecule has 1 atom stereocenters. The van der Waals surface area contributed by atoms with Crippen LogP contribution in [-0.2, 0) is 12.0 Å². The maximum absolute atomic E-state index is 12.4. The van der Waals surface area contributed by atoms with Gasteiger partial charge < -0.3 is 10.3 Å². The average Bonchev–Trinajstić information content (AvgIpc) is 2.95. The van der Waals surface area contributed by atoms with Crippen LogP contribution in [0.2, 0.25) is 0 Å². The van der Waals surface area contributed by atoms with Gasteiger partial charge in [-0.2, -0.15) is 0 Å². The number of hydroxylamine groups is 2. The summed E-state index contributed by atoms with van der Waals surface area (Å²) in [4.78, 5) is 5.80. The van der Waals surface area contributed by atoms with Gasteiger partial charge in [0.05, 0.1) is 21.1 Å². The van der Waals surface area contributed by atoms with Crippen molar-refractivity contribution in [3.63, 3.8) is 0 Å². The third-order valence-corrected chi connectivity index (χ3v) is 5.36. The lowest BCUT2D eigenvalue weighted by Crippen LogP contribution is -2.35. The van der Waals surface area contributed by atoms with E-state index in [0.29, 0.717) is 0 Å². The minimum absolute atomic E-state index is 0.696. The topological polar surface area (TPSA) is 39.2 Å². The normalized spacial score (nSPS) is 20.6. The molecule has 3 nitrogen and oxygen atoms in total. The fourth-order valence-electron chi connectivity index (χ4n) is 2.62. The molecule has 1 aromatic heterocycles. The standard InChI is InChI=1S/C18H19N2OS/c1-4-15-19-16(14-9-7-8-13(2)12-14)17(22-15)18(3)10-5-6-11-20(18)21/h5-12H,4H2,1-3H3/q-1. The third-order valence-electron chi connectivity index (χ3n) is 3.94. The Morgan fingerprint density at radius 1 is 1.32 bits per heavy atom. The number of allylic oxidation sites excluding steroid dienone is 2. The second kappa shape index (κ2) is 5.71. The van der Waals surface area contributed by atoms with Crippen LogP contribution in [0.5, 0.6) is 0 Å². The Bertz CT molecular complexity index is 747. The second-order valence-corrected chi connectivity index (χ2v) is 6.77.